The van der Waals surface area contributed by atoms with Gasteiger partial charge >= 0.3 is 25.2 Å². The summed E-state index contributed by atoms with van der Waals surface area (Å²) in [6.45, 7) is 0. The predicted molar refractivity (Wildman–Crippen MR) is 44.2 cm³/mol. The molecular weight excluding hydrogens is 288 g/mol. The van der Waals surface area contributed by atoms with E-state index in [1.165, 1.54) is 6.07 Å². The summed E-state index contributed by atoms with van der Waals surface area (Å²) < 4.78 is 33.9. The Morgan fingerprint density at radius 3 is 2.77 bits per heavy atom. The first-order valence-corrected chi connectivity index (χ1v) is 4.12. The first-order valence-electron chi connectivity index (χ1n) is 3.04. The molecule has 0 saturated heterocycles. The van der Waals surface area contributed by atoms with Crippen molar-refractivity contribution in [1.29, 1.82) is 0 Å². The molecule has 1 heterocycles. The standard InChI is InChI=1S/C7H2F2IO2.Li/c8-7(9)11-5-2-1-4(10)3-6(5)12-7;/h1,3H;/q-1;+1. The summed E-state index contributed by atoms with van der Waals surface area (Å²) in [5, 5.41) is 0. The van der Waals surface area contributed by atoms with Crippen molar-refractivity contribution in [1.82, 2.24) is 0 Å². The van der Waals surface area contributed by atoms with E-state index in [9.17, 15) is 8.78 Å². The molecule has 0 radical (unpaired) electrons. The first-order chi connectivity index (χ1) is 5.57. The van der Waals surface area contributed by atoms with Gasteiger partial charge in [-0.3, -0.25) is 0 Å². The van der Waals surface area contributed by atoms with Crippen molar-refractivity contribution in [3.63, 3.8) is 0 Å². The summed E-state index contributed by atoms with van der Waals surface area (Å²) in [7, 11) is 0. The van der Waals surface area contributed by atoms with E-state index in [2.05, 4.69) is 15.5 Å². The van der Waals surface area contributed by atoms with Crippen molar-refractivity contribution in [3.05, 3.63) is 21.8 Å². The van der Waals surface area contributed by atoms with Gasteiger partial charge in [0, 0.05) is 0 Å². The molecule has 0 unspecified atom stereocenters. The minimum atomic E-state index is -3.54. The fourth-order valence-electron chi connectivity index (χ4n) is 0.861. The van der Waals surface area contributed by atoms with Crippen LogP contribution < -0.4 is 28.3 Å². The molecule has 0 saturated carbocycles. The summed E-state index contributed by atoms with van der Waals surface area (Å²) >= 11 is 1.97. The van der Waals surface area contributed by atoms with Gasteiger partial charge in [-0.2, -0.15) is 6.07 Å². The largest absolute Gasteiger partial charge is 1.00 e. The molecule has 1 aromatic carbocycles. The minimum Gasteiger partial charge on any atom is -0.460 e. The van der Waals surface area contributed by atoms with E-state index in [1.54, 1.807) is 6.07 Å². The number of alkyl halides is 2. The summed E-state index contributed by atoms with van der Waals surface area (Å²) in [4.78, 5) is 0. The summed E-state index contributed by atoms with van der Waals surface area (Å²) in [5.41, 5.74) is 0. The van der Waals surface area contributed by atoms with Gasteiger partial charge in [-0.15, -0.1) is 43.5 Å². The van der Waals surface area contributed by atoms with E-state index in [0.717, 1.165) is 3.57 Å². The first kappa shape index (κ1) is 11.1. The van der Waals surface area contributed by atoms with Crippen molar-refractivity contribution in [2.45, 2.75) is 6.29 Å². The van der Waals surface area contributed by atoms with Gasteiger partial charge in [0.2, 0.25) is 0 Å². The van der Waals surface area contributed by atoms with Crippen LogP contribution in [-0.2, 0) is 0 Å². The topological polar surface area (TPSA) is 18.5 Å². The van der Waals surface area contributed by atoms with Crippen LogP contribution >= 0.6 is 22.6 Å². The van der Waals surface area contributed by atoms with Crippen molar-refractivity contribution in [2.75, 3.05) is 0 Å². The third-order valence-electron chi connectivity index (χ3n) is 1.28. The number of hydrogen-bond donors (Lipinski definition) is 0. The van der Waals surface area contributed by atoms with Crippen molar-refractivity contribution >= 4 is 22.6 Å². The zero-order valence-electron chi connectivity index (χ0n) is 6.61. The molecule has 2 rings (SSSR count). The van der Waals surface area contributed by atoms with E-state index >= 15 is 0 Å². The smallest absolute Gasteiger partial charge is 0.460 e. The van der Waals surface area contributed by atoms with Crippen molar-refractivity contribution < 1.29 is 37.1 Å². The van der Waals surface area contributed by atoms with Gasteiger partial charge < -0.3 is 9.47 Å². The summed E-state index contributed by atoms with van der Waals surface area (Å²) in [5.74, 6) is -0.00711. The van der Waals surface area contributed by atoms with Crippen LogP contribution in [0.3, 0.4) is 0 Å². The van der Waals surface area contributed by atoms with Crippen molar-refractivity contribution in [2.24, 2.45) is 0 Å². The van der Waals surface area contributed by atoms with Crippen LogP contribution in [0.15, 0.2) is 12.1 Å². The molecular formula is C7H2F2ILiO2. The van der Waals surface area contributed by atoms with Crippen LogP contribution in [0.4, 0.5) is 8.78 Å². The Balaban J connectivity index is 0.000000845. The van der Waals surface area contributed by atoms with Crippen LogP contribution in [0.5, 0.6) is 11.5 Å². The van der Waals surface area contributed by atoms with Gasteiger partial charge in [-0.25, -0.2) is 0 Å². The third kappa shape index (κ3) is 2.27. The Labute approximate surface area is 98.9 Å². The van der Waals surface area contributed by atoms with Gasteiger partial charge in [-0.1, -0.05) is 3.57 Å². The van der Waals surface area contributed by atoms with Gasteiger partial charge in [0.15, 0.2) is 0 Å². The molecule has 0 spiro atoms. The Kier molecular flexibility index (Phi) is 3.10. The van der Waals surface area contributed by atoms with Gasteiger partial charge in [0.05, 0.1) is 11.5 Å². The van der Waals surface area contributed by atoms with Gasteiger partial charge in [-0.05, 0) is 0 Å². The predicted octanol–water partition coefficient (Wildman–Crippen LogP) is -0.583. The molecule has 1 aliphatic rings. The Morgan fingerprint density at radius 2 is 2.08 bits per heavy atom. The quantitative estimate of drug-likeness (QED) is 0.361. The van der Waals surface area contributed by atoms with E-state index in [1.807, 2.05) is 22.6 Å². The number of fused-ring (bicyclic) bond motifs is 1. The monoisotopic (exact) mass is 290 g/mol. The molecule has 6 heteroatoms. The molecule has 1 aromatic rings. The molecule has 0 amide bonds. The molecule has 0 bridgehead atoms. The maximum atomic E-state index is 12.4. The molecule has 2 nitrogen and oxygen atoms in total. The van der Waals surface area contributed by atoms with Crippen LogP contribution in [0, 0.1) is 9.64 Å². The fourth-order valence-corrected chi connectivity index (χ4v) is 1.30. The van der Waals surface area contributed by atoms with Crippen molar-refractivity contribution in [3.8, 4) is 11.5 Å². The maximum absolute atomic E-state index is 12.4. The number of halogens is 3. The summed E-state index contributed by atoms with van der Waals surface area (Å²) in [6, 6.07) is 5.55. The normalized spacial score (nSPS) is 16.5. The van der Waals surface area contributed by atoms with E-state index in [4.69, 9.17) is 0 Å². The average molecular weight is 290 g/mol. The van der Waals surface area contributed by atoms with Crippen LogP contribution in [0.1, 0.15) is 0 Å². The van der Waals surface area contributed by atoms with E-state index in [-0.39, 0.29) is 30.4 Å². The number of benzene rings is 1. The molecule has 0 atom stereocenters. The second-order valence-corrected chi connectivity index (χ2v) is 3.42. The maximum Gasteiger partial charge on any atom is 1.00 e. The fraction of sp³-hybridized carbons (Fsp3) is 0.143. The zero-order chi connectivity index (χ0) is 8.77. The Morgan fingerprint density at radius 1 is 1.38 bits per heavy atom. The molecule has 13 heavy (non-hydrogen) atoms. The number of rotatable bonds is 0. The second kappa shape index (κ2) is 3.63. The zero-order valence-corrected chi connectivity index (χ0v) is 8.76. The van der Waals surface area contributed by atoms with E-state index < -0.39 is 6.29 Å². The van der Waals surface area contributed by atoms with Crippen LogP contribution in [-0.4, -0.2) is 6.29 Å². The minimum absolute atomic E-state index is 0. The van der Waals surface area contributed by atoms with Gasteiger partial charge in [0.1, 0.15) is 0 Å². The molecule has 64 valence electrons. The second-order valence-electron chi connectivity index (χ2n) is 2.18. The van der Waals surface area contributed by atoms with Gasteiger partial charge in [0.25, 0.3) is 0 Å². The third-order valence-corrected chi connectivity index (χ3v) is 1.91. The molecule has 0 aromatic heterocycles. The van der Waals surface area contributed by atoms with Crippen LogP contribution in [0.2, 0.25) is 0 Å². The molecule has 0 fully saturated rings. The summed E-state index contributed by atoms with van der Waals surface area (Å²) in [6.07, 6.45) is -3.54. The number of hydrogen-bond acceptors (Lipinski definition) is 2. The average Bonchev–Trinajstić information content (AvgIpc) is 2.21. The SMILES string of the molecule is FC1(F)Oc2[c-]cc(I)cc2O1.[Li+]. The molecule has 0 N–H and O–H groups in total. The molecule has 1 aliphatic heterocycles. The Hall–Kier alpha value is 0.00740. The number of ether oxygens (including phenoxy) is 2. The molecule has 0 aliphatic carbocycles. The van der Waals surface area contributed by atoms with Crippen LogP contribution in [0.25, 0.3) is 0 Å². The Bertz CT molecular complexity index is 332. The van der Waals surface area contributed by atoms with E-state index in [0.29, 0.717) is 0 Å².